The quantitative estimate of drug-likeness (QED) is 0.271. The first-order valence-electron chi connectivity index (χ1n) is 5.85. The molecule has 2 aliphatic rings. The second-order valence-corrected chi connectivity index (χ2v) is 12.8. The molecule has 140 valence electrons. The van der Waals surface area contributed by atoms with Crippen LogP contribution < -0.4 is 0 Å². The van der Waals surface area contributed by atoms with Gasteiger partial charge in [-0.25, -0.2) is 0 Å². The van der Waals surface area contributed by atoms with Gasteiger partial charge in [0.25, 0.3) is 0 Å². The zero-order chi connectivity index (χ0) is 20.0. The average molecular weight is 620 g/mol. The van der Waals surface area contributed by atoms with Crippen molar-refractivity contribution in [1.29, 1.82) is 0 Å². The molecule has 2 aliphatic carbocycles. The first-order chi connectivity index (χ1) is 10.8. The molecule has 0 atom stereocenters. The molecule has 2 rings (SSSR count). The van der Waals surface area contributed by atoms with Crippen molar-refractivity contribution < 1.29 is 77.3 Å². The summed E-state index contributed by atoms with van der Waals surface area (Å²) in [6.45, 7) is 0. The Morgan fingerprint density at radius 1 is 0.480 bits per heavy atom. The normalized spacial score (nSPS) is 30.6. The Labute approximate surface area is 152 Å². The summed E-state index contributed by atoms with van der Waals surface area (Å²) in [5.74, 6) is -35.2. The average Bonchev–Trinajstić information content (AvgIpc) is 2.57. The molecule has 0 aromatic rings. The minimum absolute atomic E-state index is 2.38. The molecular weight excluding hydrogens is 620 g/mol. The van der Waals surface area contributed by atoms with Crippen molar-refractivity contribution in [2.45, 2.75) is 35.5 Å². The molecule has 0 bridgehead atoms. The summed E-state index contributed by atoms with van der Waals surface area (Å²) in [6, 6.07) is 0. The summed E-state index contributed by atoms with van der Waals surface area (Å²) in [7, 11) is 0. The molecule has 15 heteroatoms. The molecule has 0 N–H and O–H groups in total. The van der Waals surface area contributed by atoms with E-state index in [1.54, 1.807) is 0 Å². The fraction of sp³-hybridized carbons (Fsp3) is 0.600. The van der Waals surface area contributed by atoms with E-state index in [-0.39, 0.29) is 0 Å². The van der Waals surface area contributed by atoms with Crippen LogP contribution in [-0.2, 0) is 24.6 Å². The van der Waals surface area contributed by atoms with E-state index in [1.807, 2.05) is 0 Å². The predicted octanol–water partition coefficient (Wildman–Crippen LogP) is 5.81. The zero-order valence-electron chi connectivity index (χ0n) is 11.0. The third kappa shape index (κ3) is 2.28. The van der Waals surface area contributed by atoms with Crippen LogP contribution in [0.2, 0.25) is 0 Å². The summed E-state index contributed by atoms with van der Waals surface area (Å²) in [6.07, 6.45) is 0. The van der Waals surface area contributed by atoms with Crippen molar-refractivity contribution >= 4 is 23.2 Å². The van der Waals surface area contributed by atoms with Gasteiger partial charge >= 0.3 is 152 Å². The van der Waals surface area contributed by atoms with E-state index in [0.29, 0.717) is 0 Å². The van der Waals surface area contributed by atoms with E-state index in [4.69, 9.17) is 23.2 Å². The van der Waals surface area contributed by atoms with Crippen molar-refractivity contribution in [3.05, 3.63) is 16.2 Å². The molecule has 0 nitrogen and oxygen atoms in total. The second kappa shape index (κ2) is 5.36. The number of halogens is 14. The van der Waals surface area contributed by atoms with E-state index < -0.39 is 76.3 Å². The van der Waals surface area contributed by atoms with Gasteiger partial charge in [-0.2, -0.15) is 0 Å². The monoisotopic (exact) mass is 620 g/mol. The van der Waals surface area contributed by atoms with E-state index in [1.165, 1.54) is 0 Å². The summed E-state index contributed by atoms with van der Waals surface area (Å²) in [5, 5.41) is -5.04. The van der Waals surface area contributed by atoms with E-state index in [0.717, 1.165) is 0 Å². The molecule has 0 aromatic carbocycles. The van der Waals surface area contributed by atoms with Gasteiger partial charge in [-0.15, -0.1) is 0 Å². The van der Waals surface area contributed by atoms with Crippen molar-refractivity contribution in [1.82, 2.24) is 0 Å². The van der Waals surface area contributed by atoms with Crippen LogP contribution in [0, 0.1) is 0 Å². The summed E-state index contributed by atoms with van der Waals surface area (Å²) in [4.78, 5) is 0. The Balaban J connectivity index is 2.64. The van der Waals surface area contributed by atoms with Gasteiger partial charge in [-0.3, -0.25) is 0 Å². The van der Waals surface area contributed by atoms with Crippen molar-refractivity contribution in [3.8, 4) is 0 Å². The Morgan fingerprint density at radius 2 is 0.720 bits per heavy atom. The Bertz CT molecular complexity index is 634. The Morgan fingerprint density at radius 3 is 0.880 bits per heavy atom. The molecule has 0 aromatic heterocycles. The van der Waals surface area contributed by atoms with Crippen LogP contribution in [0.1, 0.15) is 0 Å². The molecule has 0 unspecified atom stereocenters. The molecule has 0 amide bonds. The summed E-state index contributed by atoms with van der Waals surface area (Å²) < 4.78 is 155. The SMILES string of the molecule is FC1(F)C(Cl)=[C]([Hg][C]2=C(Cl)C(F)(F)C(F)(F)C2(F)F)C(F)(F)C1(F)F. The predicted molar refractivity (Wildman–Crippen MR) is 55.4 cm³/mol. The van der Waals surface area contributed by atoms with Crippen molar-refractivity contribution in [3.63, 3.8) is 0 Å². The van der Waals surface area contributed by atoms with Crippen LogP contribution in [0.5, 0.6) is 0 Å². The fourth-order valence-electron chi connectivity index (χ4n) is 2.26. The van der Waals surface area contributed by atoms with Gasteiger partial charge in [0.15, 0.2) is 0 Å². The number of allylic oxidation sites excluding steroid dienone is 4. The molecule has 0 aliphatic heterocycles. The van der Waals surface area contributed by atoms with Crippen LogP contribution in [0.3, 0.4) is 0 Å². The molecule has 0 radical (unpaired) electrons. The maximum absolute atomic E-state index is 13.5. The molecule has 0 heterocycles. The molecule has 0 saturated heterocycles. The first kappa shape index (κ1) is 21.5. The first-order valence-corrected chi connectivity index (χ1v) is 12.1. The van der Waals surface area contributed by atoms with Gasteiger partial charge in [-0.05, 0) is 0 Å². The standard InChI is InChI=1S/2C5ClF6.Hg/c2*6-2-1-3(7,8)5(11,12)4(2,9)10;. The molecule has 25 heavy (non-hydrogen) atoms. The van der Waals surface area contributed by atoms with Crippen LogP contribution >= 0.6 is 23.2 Å². The second-order valence-electron chi connectivity index (χ2n) is 5.21. The van der Waals surface area contributed by atoms with Crippen LogP contribution in [-0.4, -0.2) is 35.5 Å². The van der Waals surface area contributed by atoms with Crippen molar-refractivity contribution in [2.24, 2.45) is 0 Å². The van der Waals surface area contributed by atoms with Crippen LogP contribution in [0.4, 0.5) is 52.7 Å². The Hall–Kier alpha value is 0.155. The number of hydrogen-bond acceptors (Lipinski definition) is 0. The van der Waals surface area contributed by atoms with Gasteiger partial charge in [0, 0.05) is 0 Å². The third-order valence-electron chi connectivity index (χ3n) is 3.77. The van der Waals surface area contributed by atoms with E-state index in [2.05, 4.69) is 0 Å². The maximum atomic E-state index is 13.5. The summed E-state index contributed by atoms with van der Waals surface area (Å²) in [5.41, 5.74) is 0. The topological polar surface area (TPSA) is 0 Å². The van der Waals surface area contributed by atoms with Crippen LogP contribution in [0.25, 0.3) is 0 Å². The fourth-order valence-corrected chi connectivity index (χ4v) is 11.7. The van der Waals surface area contributed by atoms with Crippen molar-refractivity contribution in [2.75, 3.05) is 0 Å². The van der Waals surface area contributed by atoms with Gasteiger partial charge in [0.2, 0.25) is 0 Å². The molecule has 0 fully saturated rings. The van der Waals surface area contributed by atoms with Gasteiger partial charge in [-0.1, -0.05) is 0 Å². The number of rotatable bonds is 2. The Kier molecular flexibility index (Phi) is 4.60. The minimum atomic E-state index is -6.14. The van der Waals surface area contributed by atoms with E-state index in [9.17, 15) is 52.7 Å². The van der Waals surface area contributed by atoms with Crippen LogP contribution in [0.15, 0.2) is 16.2 Å². The molecule has 0 spiro atoms. The van der Waals surface area contributed by atoms with Gasteiger partial charge < -0.3 is 0 Å². The molecular formula is C10Cl2F12Hg. The third-order valence-corrected chi connectivity index (χ3v) is 15.4. The van der Waals surface area contributed by atoms with E-state index >= 15 is 0 Å². The molecule has 0 saturated carbocycles. The number of hydrogen-bond donors (Lipinski definition) is 0. The summed E-state index contributed by atoms with van der Waals surface area (Å²) >= 11 is 4.38. The number of alkyl halides is 12. The van der Waals surface area contributed by atoms with Gasteiger partial charge in [0.05, 0.1) is 0 Å². The zero-order valence-corrected chi connectivity index (χ0v) is 18.0. The van der Waals surface area contributed by atoms with Gasteiger partial charge in [0.1, 0.15) is 0 Å².